The van der Waals surface area contributed by atoms with Crippen LogP contribution in [0.4, 0.5) is 11.4 Å². The van der Waals surface area contributed by atoms with Crippen LogP contribution >= 0.6 is 11.8 Å². The fourth-order valence-corrected chi connectivity index (χ4v) is 5.61. The molecule has 0 aromatic heterocycles. The van der Waals surface area contributed by atoms with Gasteiger partial charge in [0.15, 0.2) is 11.5 Å². The van der Waals surface area contributed by atoms with Crippen molar-refractivity contribution in [3.63, 3.8) is 0 Å². The van der Waals surface area contributed by atoms with Crippen LogP contribution in [0.3, 0.4) is 0 Å². The number of hydrogen-bond donors (Lipinski definition) is 3. The van der Waals surface area contributed by atoms with Gasteiger partial charge in [0.05, 0.1) is 19.5 Å². The molecule has 4 aromatic rings. The van der Waals surface area contributed by atoms with E-state index in [2.05, 4.69) is 16.0 Å². The summed E-state index contributed by atoms with van der Waals surface area (Å²) in [6.45, 7) is 5.91. The van der Waals surface area contributed by atoms with E-state index in [9.17, 15) is 14.4 Å². The van der Waals surface area contributed by atoms with Crippen molar-refractivity contribution in [1.82, 2.24) is 5.32 Å². The molecule has 9 heteroatoms. The molecule has 8 nitrogen and oxygen atoms in total. The summed E-state index contributed by atoms with van der Waals surface area (Å²) in [5.74, 6) is -0.00906. The number of carbonyl (C=O) groups excluding carboxylic acids is 3. The van der Waals surface area contributed by atoms with Gasteiger partial charge in [-0.25, -0.2) is 0 Å². The van der Waals surface area contributed by atoms with E-state index in [1.807, 2.05) is 63.2 Å². The van der Waals surface area contributed by atoms with Crippen molar-refractivity contribution in [2.45, 2.75) is 37.3 Å². The van der Waals surface area contributed by atoms with Crippen molar-refractivity contribution in [2.75, 3.05) is 24.9 Å². The maximum absolute atomic E-state index is 13.6. The Morgan fingerprint density at radius 3 is 2.16 bits per heavy atom. The molecule has 1 atom stereocenters. The molecule has 0 saturated carbocycles. The Bertz CT molecular complexity index is 1680. The molecule has 0 fully saturated rings. The number of thioether (sulfide) groups is 1. The van der Waals surface area contributed by atoms with Crippen LogP contribution in [0.25, 0.3) is 6.08 Å². The van der Waals surface area contributed by atoms with Crippen molar-refractivity contribution in [3.05, 3.63) is 119 Å². The summed E-state index contributed by atoms with van der Waals surface area (Å²) in [7, 11) is 3.07. The number of benzene rings is 4. The quantitative estimate of drug-likeness (QED) is 0.114. The van der Waals surface area contributed by atoms with E-state index in [1.165, 1.54) is 18.9 Å². The first-order chi connectivity index (χ1) is 21.7. The van der Waals surface area contributed by atoms with Crippen molar-refractivity contribution in [3.8, 4) is 11.5 Å². The van der Waals surface area contributed by atoms with Gasteiger partial charge in [-0.05, 0) is 85.5 Å². The Labute approximate surface area is 268 Å². The second-order valence-corrected chi connectivity index (χ2v) is 11.5. The van der Waals surface area contributed by atoms with Crippen LogP contribution in [-0.2, 0) is 9.59 Å². The van der Waals surface area contributed by atoms with Crippen molar-refractivity contribution >= 4 is 46.9 Å². The molecular formula is C36H37N3O5S. The molecule has 0 heterocycles. The Kier molecular flexibility index (Phi) is 11.4. The van der Waals surface area contributed by atoms with E-state index in [1.54, 1.807) is 61.7 Å². The second-order valence-electron chi connectivity index (χ2n) is 10.2. The fourth-order valence-electron chi connectivity index (χ4n) is 4.60. The summed E-state index contributed by atoms with van der Waals surface area (Å²) in [4.78, 5) is 40.7. The minimum Gasteiger partial charge on any atom is -0.493 e. The van der Waals surface area contributed by atoms with E-state index in [0.29, 0.717) is 34.7 Å². The summed E-state index contributed by atoms with van der Waals surface area (Å²) in [6, 6.07) is 27.0. The molecule has 3 amide bonds. The van der Waals surface area contributed by atoms with Gasteiger partial charge in [0.1, 0.15) is 5.70 Å². The number of hydrogen-bond acceptors (Lipinski definition) is 6. The smallest absolute Gasteiger partial charge is 0.272 e. The van der Waals surface area contributed by atoms with Gasteiger partial charge >= 0.3 is 0 Å². The van der Waals surface area contributed by atoms with Gasteiger partial charge in [0, 0.05) is 21.8 Å². The number of ether oxygens (including phenoxy) is 2. The minimum atomic E-state index is -0.518. The third-order valence-corrected chi connectivity index (χ3v) is 8.37. The van der Waals surface area contributed by atoms with E-state index in [0.717, 1.165) is 21.7 Å². The van der Waals surface area contributed by atoms with Crippen LogP contribution in [0.5, 0.6) is 11.5 Å². The van der Waals surface area contributed by atoms with Gasteiger partial charge in [0.25, 0.3) is 11.8 Å². The highest BCUT2D eigenvalue weighted by Gasteiger charge is 2.20. The summed E-state index contributed by atoms with van der Waals surface area (Å²) in [6.07, 6.45) is 2.18. The number of aryl methyl sites for hydroxylation is 2. The number of nitrogens with one attached hydrogen (secondary N) is 3. The first-order valence-corrected chi connectivity index (χ1v) is 15.4. The predicted molar refractivity (Wildman–Crippen MR) is 181 cm³/mol. The van der Waals surface area contributed by atoms with Gasteiger partial charge in [-0.3, -0.25) is 14.4 Å². The van der Waals surface area contributed by atoms with Crippen molar-refractivity contribution in [1.29, 1.82) is 0 Å². The molecule has 0 aliphatic heterocycles. The lowest BCUT2D eigenvalue weighted by atomic mass is 10.1. The molecule has 0 bridgehead atoms. The van der Waals surface area contributed by atoms with Gasteiger partial charge in [-0.1, -0.05) is 55.5 Å². The average molecular weight is 624 g/mol. The molecule has 0 saturated heterocycles. The SMILES string of the molecule is CCC(Sc1cccc(NC(=O)/C(=C\c2ccc(OC)c(OC)c2)NC(=O)c2ccccc2)c1)C(=O)Nc1c(C)cccc1C. The maximum Gasteiger partial charge on any atom is 0.272 e. The zero-order valence-corrected chi connectivity index (χ0v) is 26.8. The predicted octanol–water partition coefficient (Wildman–Crippen LogP) is 7.24. The highest BCUT2D eigenvalue weighted by Crippen LogP contribution is 2.31. The summed E-state index contributed by atoms with van der Waals surface area (Å²) in [5.41, 5.74) is 4.42. The Balaban J connectivity index is 1.55. The Morgan fingerprint density at radius 1 is 0.800 bits per heavy atom. The summed E-state index contributed by atoms with van der Waals surface area (Å²) in [5, 5.41) is 8.39. The molecule has 0 radical (unpaired) electrons. The van der Waals surface area contributed by atoms with Crippen LogP contribution in [0.1, 0.15) is 40.4 Å². The number of methoxy groups -OCH3 is 2. The zero-order chi connectivity index (χ0) is 32.3. The lowest BCUT2D eigenvalue weighted by Crippen LogP contribution is -2.30. The number of para-hydroxylation sites is 1. The van der Waals surface area contributed by atoms with Crippen LogP contribution in [0, 0.1) is 13.8 Å². The minimum absolute atomic E-state index is 0.0357. The highest BCUT2D eigenvalue weighted by molar-refractivity contribution is 8.00. The monoisotopic (exact) mass is 623 g/mol. The van der Waals surface area contributed by atoms with Crippen LogP contribution in [0.2, 0.25) is 0 Å². The second kappa shape index (κ2) is 15.6. The van der Waals surface area contributed by atoms with Crippen LogP contribution < -0.4 is 25.4 Å². The summed E-state index contributed by atoms with van der Waals surface area (Å²) < 4.78 is 10.7. The first kappa shape index (κ1) is 32.9. The molecule has 4 rings (SSSR count). The third-order valence-electron chi connectivity index (χ3n) is 7.01. The Hall–Kier alpha value is -5.02. The summed E-state index contributed by atoms with van der Waals surface area (Å²) >= 11 is 1.42. The molecule has 4 aromatic carbocycles. The highest BCUT2D eigenvalue weighted by atomic mass is 32.2. The van der Waals surface area contributed by atoms with Crippen LogP contribution in [-0.4, -0.2) is 37.2 Å². The standard InChI is InChI=1S/C36H37N3O5S/c1-6-32(36(42)39-33-23(2)12-10-13-24(33)3)45-28-17-11-16-27(22-28)37-35(41)29(38-34(40)26-14-8-7-9-15-26)20-25-18-19-30(43-4)31(21-25)44-5/h7-22,32H,6H2,1-5H3,(H,37,41)(H,38,40)(H,39,42)/b29-20+. The molecule has 3 N–H and O–H groups in total. The molecule has 0 spiro atoms. The van der Waals surface area contributed by atoms with Gasteiger partial charge in [0.2, 0.25) is 5.91 Å². The largest absolute Gasteiger partial charge is 0.493 e. The topological polar surface area (TPSA) is 106 Å². The van der Waals surface area contributed by atoms with E-state index in [-0.39, 0.29) is 16.9 Å². The zero-order valence-electron chi connectivity index (χ0n) is 26.0. The van der Waals surface area contributed by atoms with Crippen molar-refractivity contribution in [2.24, 2.45) is 0 Å². The van der Waals surface area contributed by atoms with E-state index < -0.39 is 11.8 Å². The lowest BCUT2D eigenvalue weighted by Gasteiger charge is -2.18. The first-order valence-electron chi connectivity index (χ1n) is 14.5. The fraction of sp³-hybridized carbons (Fsp3) is 0.194. The Morgan fingerprint density at radius 2 is 1.49 bits per heavy atom. The molecule has 0 aliphatic rings. The molecule has 45 heavy (non-hydrogen) atoms. The van der Waals surface area contributed by atoms with Gasteiger partial charge < -0.3 is 25.4 Å². The van der Waals surface area contributed by atoms with Gasteiger partial charge in [-0.2, -0.15) is 0 Å². The molecule has 1 unspecified atom stereocenters. The number of rotatable bonds is 12. The lowest BCUT2D eigenvalue weighted by molar-refractivity contribution is -0.116. The average Bonchev–Trinajstić information content (AvgIpc) is 3.05. The molecular weight excluding hydrogens is 586 g/mol. The van der Waals surface area contributed by atoms with E-state index in [4.69, 9.17) is 9.47 Å². The third kappa shape index (κ3) is 8.77. The maximum atomic E-state index is 13.6. The number of carbonyl (C=O) groups is 3. The molecule has 232 valence electrons. The number of anilines is 2. The van der Waals surface area contributed by atoms with Crippen LogP contribution in [0.15, 0.2) is 102 Å². The van der Waals surface area contributed by atoms with Gasteiger partial charge in [-0.15, -0.1) is 11.8 Å². The normalized spacial score (nSPS) is 11.7. The number of amides is 3. The van der Waals surface area contributed by atoms with E-state index >= 15 is 0 Å². The molecule has 0 aliphatic carbocycles. The van der Waals surface area contributed by atoms with Crippen molar-refractivity contribution < 1.29 is 23.9 Å².